The minimum Gasteiger partial charge on any atom is -0.444 e. The second kappa shape index (κ2) is 11.4. The first kappa shape index (κ1) is 29.2. The lowest BCUT2D eigenvalue weighted by Gasteiger charge is -2.35. The summed E-state index contributed by atoms with van der Waals surface area (Å²) in [4.78, 5) is 28.3. The monoisotopic (exact) mass is 564 g/mol. The zero-order valence-electron chi connectivity index (χ0n) is 23.1. The number of carbonyl (C=O) groups is 2. The summed E-state index contributed by atoms with van der Waals surface area (Å²) in [7, 11) is -2.82. The maximum Gasteiger partial charge on any atom is 0.411 e. The molecule has 1 saturated carbocycles. The van der Waals surface area contributed by atoms with Crippen LogP contribution in [0.4, 0.5) is 9.18 Å². The third kappa shape index (κ3) is 6.34. The van der Waals surface area contributed by atoms with Crippen LogP contribution in [-0.2, 0) is 25.7 Å². The van der Waals surface area contributed by atoms with Crippen molar-refractivity contribution in [2.45, 2.75) is 75.5 Å². The molecule has 2 aliphatic rings. The van der Waals surface area contributed by atoms with Crippen molar-refractivity contribution >= 4 is 21.6 Å². The van der Waals surface area contributed by atoms with E-state index in [-0.39, 0.29) is 30.6 Å². The molecule has 0 aromatic heterocycles. The molecule has 1 aliphatic carbocycles. The molecular formula is C30H33FN4O4S. The Morgan fingerprint density at radius 2 is 1.82 bits per heavy atom. The Kier molecular flexibility index (Phi) is 8.32. The second-order valence-corrected chi connectivity index (χ2v) is 13.8. The number of benzene rings is 2. The highest BCUT2D eigenvalue weighted by Crippen LogP contribution is 2.44. The lowest BCUT2D eigenvalue weighted by Crippen LogP contribution is -2.51. The molecule has 210 valence electrons. The number of carbonyl (C=O) groups excluding carboxylic acids is 2. The van der Waals surface area contributed by atoms with Gasteiger partial charge in [-0.3, -0.25) is 9.69 Å². The highest BCUT2D eigenvalue weighted by Gasteiger charge is 2.52. The third-order valence-electron chi connectivity index (χ3n) is 7.51. The van der Waals surface area contributed by atoms with Gasteiger partial charge in [-0.2, -0.15) is 10.5 Å². The van der Waals surface area contributed by atoms with Crippen molar-refractivity contribution in [3.8, 4) is 23.4 Å². The summed E-state index contributed by atoms with van der Waals surface area (Å²) in [6, 6.07) is 12.8. The molecule has 0 spiro atoms. The van der Waals surface area contributed by atoms with Crippen LogP contribution in [0.1, 0.15) is 52.0 Å². The Hall–Kier alpha value is -3.76. The lowest BCUT2D eigenvalue weighted by molar-refractivity contribution is -0.126. The predicted octanol–water partition coefficient (Wildman–Crippen LogP) is 5.86. The number of rotatable bonds is 7. The van der Waals surface area contributed by atoms with Gasteiger partial charge in [-0.05, 0) is 87.3 Å². The normalized spacial score (nSPS) is 22.1. The van der Waals surface area contributed by atoms with Gasteiger partial charge in [-0.1, -0.05) is 24.3 Å². The maximum absolute atomic E-state index is 15.1. The predicted molar refractivity (Wildman–Crippen MR) is 148 cm³/mol. The molecule has 2 fully saturated rings. The van der Waals surface area contributed by atoms with E-state index in [9.17, 15) is 19.1 Å². The van der Waals surface area contributed by atoms with Crippen molar-refractivity contribution in [3.05, 3.63) is 53.8 Å². The van der Waals surface area contributed by atoms with Gasteiger partial charge in [-0.15, -0.1) is 4.36 Å². The molecule has 1 saturated heterocycles. The van der Waals surface area contributed by atoms with Gasteiger partial charge < -0.3 is 4.74 Å². The van der Waals surface area contributed by atoms with E-state index >= 15 is 4.39 Å². The number of fused-ring (bicyclic) bond motifs is 2. The van der Waals surface area contributed by atoms with Gasteiger partial charge in [0.05, 0.1) is 27.8 Å². The Morgan fingerprint density at radius 3 is 2.42 bits per heavy atom. The number of amides is 1. The molecule has 2 bridgehead atoms. The van der Waals surface area contributed by atoms with Gasteiger partial charge in [0.15, 0.2) is 5.78 Å². The molecule has 2 aromatic carbocycles. The van der Waals surface area contributed by atoms with E-state index in [0.29, 0.717) is 21.6 Å². The molecule has 5 atom stereocenters. The van der Waals surface area contributed by atoms with E-state index < -0.39 is 39.2 Å². The van der Waals surface area contributed by atoms with Gasteiger partial charge in [0.1, 0.15) is 11.4 Å². The molecule has 8 nitrogen and oxygen atoms in total. The smallest absolute Gasteiger partial charge is 0.411 e. The summed E-state index contributed by atoms with van der Waals surface area (Å²) >= 11 is 0. The number of hydrogen-bond donors (Lipinski definition) is 0. The Labute approximate surface area is 234 Å². The van der Waals surface area contributed by atoms with E-state index in [1.165, 1.54) is 12.3 Å². The van der Waals surface area contributed by atoms with Crippen LogP contribution in [0.2, 0.25) is 0 Å². The largest absolute Gasteiger partial charge is 0.444 e. The fourth-order valence-electron chi connectivity index (χ4n) is 5.70. The van der Waals surface area contributed by atoms with Crippen LogP contribution in [0.25, 0.3) is 11.1 Å². The molecule has 1 amide bonds. The van der Waals surface area contributed by atoms with Crippen molar-refractivity contribution in [1.82, 2.24) is 4.90 Å². The van der Waals surface area contributed by atoms with Gasteiger partial charge in [0.2, 0.25) is 6.19 Å². The molecule has 4 rings (SSSR count). The van der Waals surface area contributed by atoms with Crippen LogP contribution in [0, 0.1) is 40.4 Å². The fraction of sp³-hybridized carbons (Fsp3) is 0.467. The summed E-state index contributed by atoms with van der Waals surface area (Å²) in [6.07, 6.45) is 4.89. The van der Waals surface area contributed by atoms with Crippen molar-refractivity contribution in [3.63, 3.8) is 0 Å². The van der Waals surface area contributed by atoms with Crippen molar-refractivity contribution in [1.29, 1.82) is 10.5 Å². The molecule has 2 aromatic rings. The lowest BCUT2D eigenvalue weighted by atomic mass is 9.87. The van der Waals surface area contributed by atoms with Gasteiger partial charge in [0, 0.05) is 23.6 Å². The minimum atomic E-state index is -2.82. The van der Waals surface area contributed by atoms with Crippen LogP contribution in [-0.4, -0.2) is 44.9 Å². The number of hydrogen-bond acceptors (Lipinski definition) is 7. The standard InChI is InChI=1S/C30H33FN4O4S/c1-30(2,3)39-29(37)35-24-10-7-23(15-24)28(35)27(36)14-19(17-32)13-22-6-5-21(16-26(22)31)20-8-11-25(12-9-20)40(4,38)34-18-33/h5-6,8-9,11-12,16,19,23-24,28H,7,10,13-15H2,1-4H3/t19-,23+,24-,28+,40?/m1/s1. The van der Waals surface area contributed by atoms with Crippen molar-refractivity contribution in [2.24, 2.45) is 16.2 Å². The van der Waals surface area contributed by atoms with Crippen LogP contribution in [0.5, 0.6) is 0 Å². The summed E-state index contributed by atoms with van der Waals surface area (Å²) in [5.41, 5.74) is 0.915. The van der Waals surface area contributed by atoms with E-state index in [1.807, 2.05) is 0 Å². The molecular weight excluding hydrogens is 531 g/mol. The maximum atomic E-state index is 15.1. The summed E-state index contributed by atoms with van der Waals surface area (Å²) in [5, 5.41) is 18.5. The van der Waals surface area contributed by atoms with Crippen molar-refractivity contribution in [2.75, 3.05) is 6.26 Å². The highest BCUT2D eigenvalue weighted by molar-refractivity contribution is 7.93. The van der Waals surface area contributed by atoms with Crippen LogP contribution >= 0.6 is 0 Å². The number of halogens is 1. The highest BCUT2D eigenvalue weighted by atomic mass is 32.2. The quantitative estimate of drug-likeness (QED) is 0.388. The van der Waals surface area contributed by atoms with Crippen LogP contribution in [0.3, 0.4) is 0 Å². The minimum absolute atomic E-state index is 0.0297. The van der Waals surface area contributed by atoms with E-state index in [1.54, 1.807) is 68.3 Å². The van der Waals surface area contributed by atoms with E-state index in [0.717, 1.165) is 19.3 Å². The number of nitrogens with zero attached hydrogens (tertiary/aromatic N) is 4. The summed E-state index contributed by atoms with van der Waals surface area (Å²) in [5.74, 6) is -1.37. The van der Waals surface area contributed by atoms with Gasteiger partial charge >= 0.3 is 6.09 Å². The Balaban J connectivity index is 1.46. The molecule has 0 N–H and O–H groups in total. The summed E-state index contributed by atoms with van der Waals surface area (Å²) in [6.45, 7) is 5.35. The van der Waals surface area contributed by atoms with Crippen LogP contribution < -0.4 is 0 Å². The first-order valence-electron chi connectivity index (χ1n) is 13.3. The van der Waals surface area contributed by atoms with Gasteiger partial charge in [-0.25, -0.2) is 13.4 Å². The fourth-order valence-corrected chi connectivity index (χ4v) is 6.60. The first-order valence-corrected chi connectivity index (χ1v) is 15.2. The number of piperidine rings is 1. The SMILES string of the molecule is CC(C)(C)OC(=O)N1[C@@H]2CC[C@@H](C2)[C@H]1C(=O)C[C@H](C#N)Cc1ccc(-c2ccc(S(C)(=O)=NC#N)cc2)cc1F. The number of nitriles is 2. The topological polar surface area (TPSA) is 124 Å². The molecule has 1 heterocycles. The third-order valence-corrected chi connectivity index (χ3v) is 9.09. The second-order valence-electron chi connectivity index (χ2n) is 11.6. The Bertz CT molecular complexity index is 1510. The van der Waals surface area contributed by atoms with E-state index in [4.69, 9.17) is 10.00 Å². The van der Waals surface area contributed by atoms with E-state index in [2.05, 4.69) is 10.4 Å². The molecule has 1 aliphatic heterocycles. The number of ketones is 1. The van der Waals surface area contributed by atoms with Gasteiger partial charge in [0.25, 0.3) is 0 Å². The Morgan fingerprint density at radius 1 is 1.15 bits per heavy atom. The number of likely N-dealkylation sites (tertiary alicyclic amines) is 1. The molecule has 0 radical (unpaired) electrons. The number of ether oxygens (including phenoxy) is 1. The molecule has 10 heteroatoms. The van der Waals surface area contributed by atoms with Crippen LogP contribution in [0.15, 0.2) is 51.7 Å². The first-order chi connectivity index (χ1) is 18.8. The zero-order chi connectivity index (χ0) is 29.2. The molecule has 1 unspecified atom stereocenters. The average Bonchev–Trinajstić information content (AvgIpc) is 3.50. The molecule has 40 heavy (non-hydrogen) atoms. The number of Topliss-reactive ketones (excluding diaryl/α,β-unsaturated/α-hetero) is 1. The average molecular weight is 565 g/mol. The van der Waals surface area contributed by atoms with Crippen molar-refractivity contribution < 1.29 is 22.9 Å². The summed E-state index contributed by atoms with van der Waals surface area (Å²) < 4.78 is 36.6. The zero-order valence-corrected chi connectivity index (χ0v) is 23.9.